The number of rotatable bonds is 3. The molecule has 0 fully saturated rings. The zero-order valence-electron chi connectivity index (χ0n) is 9.04. The van der Waals surface area contributed by atoms with Gasteiger partial charge in [0.25, 0.3) is 0 Å². The fourth-order valence-electron chi connectivity index (χ4n) is 1.18. The molecule has 0 aliphatic rings. The molecule has 1 aromatic carbocycles. The third kappa shape index (κ3) is 2.73. The predicted molar refractivity (Wildman–Crippen MR) is 61.7 cm³/mol. The van der Waals surface area contributed by atoms with Gasteiger partial charge in [-0.25, -0.2) is 4.79 Å². The lowest BCUT2D eigenvalue weighted by atomic mass is 10.1. The first-order valence-electron chi connectivity index (χ1n) is 4.76. The zero-order valence-corrected chi connectivity index (χ0v) is 9.80. The van der Waals surface area contributed by atoms with Crippen LogP contribution < -0.4 is 5.32 Å². The van der Waals surface area contributed by atoms with Gasteiger partial charge in [0.2, 0.25) is 5.91 Å². The maximum absolute atomic E-state index is 11.5. The Labute approximate surface area is 98.5 Å². The molecule has 0 aromatic heterocycles. The topological polar surface area (TPSA) is 55.4 Å². The predicted octanol–water partition coefficient (Wildman–Crippen LogP) is 2.48. The molecule has 0 atom stereocenters. The molecule has 0 unspecified atom stereocenters. The number of ether oxygens (including phenoxy) is 1. The van der Waals surface area contributed by atoms with E-state index in [9.17, 15) is 9.59 Å². The van der Waals surface area contributed by atoms with Gasteiger partial charge in [0.1, 0.15) is 5.56 Å². The molecule has 1 aromatic rings. The summed E-state index contributed by atoms with van der Waals surface area (Å²) in [6, 6.07) is 4.82. The van der Waals surface area contributed by atoms with E-state index >= 15 is 0 Å². The van der Waals surface area contributed by atoms with Gasteiger partial charge >= 0.3 is 5.97 Å². The molecule has 0 aliphatic heterocycles. The molecular formula is C11H12ClNO3. The van der Waals surface area contributed by atoms with Gasteiger partial charge < -0.3 is 10.1 Å². The monoisotopic (exact) mass is 241 g/mol. The molecule has 0 spiro atoms. The number of amides is 1. The number of carbonyl (C=O) groups excluding carboxylic acids is 2. The average Bonchev–Trinajstić information content (AvgIpc) is 2.28. The summed E-state index contributed by atoms with van der Waals surface area (Å²) in [5.74, 6) is -0.760. The van der Waals surface area contributed by atoms with E-state index < -0.39 is 5.97 Å². The van der Waals surface area contributed by atoms with E-state index in [0.717, 1.165) is 0 Å². The van der Waals surface area contributed by atoms with Crippen LogP contribution in [0, 0.1) is 0 Å². The number of anilines is 1. The highest BCUT2D eigenvalue weighted by Gasteiger charge is 2.16. The summed E-state index contributed by atoms with van der Waals surface area (Å²) in [7, 11) is 1.26. The largest absolute Gasteiger partial charge is 0.465 e. The van der Waals surface area contributed by atoms with Crippen molar-refractivity contribution in [2.24, 2.45) is 0 Å². The van der Waals surface area contributed by atoms with Crippen molar-refractivity contribution in [1.82, 2.24) is 0 Å². The number of hydrogen-bond acceptors (Lipinski definition) is 3. The molecule has 0 bridgehead atoms. The van der Waals surface area contributed by atoms with Gasteiger partial charge in [-0.05, 0) is 12.1 Å². The maximum Gasteiger partial charge on any atom is 0.341 e. The number of carbonyl (C=O) groups is 2. The number of benzene rings is 1. The lowest BCUT2D eigenvalue weighted by Gasteiger charge is -2.10. The Morgan fingerprint density at radius 1 is 1.44 bits per heavy atom. The van der Waals surface area contributed by atoms with E-state index in [0.29, 0.717) is 12.1 Å². The smallest absolute Gasteiger partial charge is 0.341 e. The Morgan fingerprint density at radius 3 is 2.69 bits per heavy atom. The lowest BCUT2D eigenvalue weighted by Crippen LogP contribution is -2.14. The molecular weight excluding hydrogens is 230 g/mol. The van der Waals surface area contributed by atoms with Crippen LogP contribution >= 0.6 is 11.6 Å². The van der Waals surface area contributed by atoms with Crippen LogP contribution in [0.4, 0.5) is 5.69 Å². The summed E-state index contributed by atoms with van der Waals surface area (Å²) in [6.45, 7) is 1.72. The van der Waals surface area contributed by atoms with Crippen molar-refractivity contribution in [1.29, 1.82) is 0 Å². The first kappa shape index (κ1) is 12.5. The van der Waals surface area contributed by atoms with Crippen LogP contribution in [-0.4, -0.2) is 19.0 Å². The van der Waals surface area contributed by atoms with Gasteiger partial charge in [-0.1, -0.05) is 24.6 Å². The fourth-order valence-corrected chi connectivity index (χ4v) is 1.43. The highest BCUT2D eigenvalue weighted by Crippen LogP contribution is 2.25. The van der Waals surface area contributed by atoms with Crippen molar-refractivity contribution in [2.75, 3.05) is 12.4 Å². The molecule has 4 nitrogen and oxygen atoms in total. The Bertz CT molecular complexity index is 418. The molecule has 0 heterocycles. The highest BCUT2D eigenvalue weighted by atomic mass is 35.5. The van der Waals surface area contributed by atoms with Gasteiger partial charge in [-0.3, -0.25) is 4.79 Å². The third-order valence-electron chi connectivity index (χ3n) is 2.00. The summed E-state index contributed by atoms with van der Waals surface area (Å²) < 4.78 is 4.60. The van der Waals surface area contributed by atoms with Crippen LogP contribution in [0.2, 0.25) is 5.02 Å². The Hall–Kier alpha value is -1.55. The molecule has 1 N–H and O–H groups in total. The summed E-state index contributed by atoms with van der Waals surface area (Å²) in [5, 5.41) is 2.84. The first-order valence-corrected chi connectivity index (χ1v) is 5.14. The Balaban J connectivity index is 3.12. The van der Waals surface area contributed by atoms with Gasteiger partial charge in [0.05, 0.1) is 17.8 Å². The molecule has 1 amide bonds. The third-order valence-corrected chi connectivity index (χ3v) is 2.31. The van der Waals surface area contributed by atoms with Gasteiger partial charge in [-0.2, -0.15) is 0 Å². The lowest BCUT2D eigenvalue weighted by molar-refractivity contribution is -0.115. The molecule has 5 heteroatoms. The van der Waals surface area contributed by atoms with Crippen LogP contribution in [0.15, 0.2) is 18.2 Å². The van der Waals surface area contributed by atoms with E-state index in [2.05, 4.69) is 10.1 Å². The van der Waals surface area contributed by atoms with Crippen LogP contribution in [0.5, 0.6) is 0 Å². The van der Waals surface area contributed by atoms with E-state index in [1.165, 1.54) is 7.11 Å². The number of methoxy groups -OCH3 is 1. The second-order valence-corrected chi connectivity index (χ2v) is 3.46. The SMILES string of the molecule is CCC(=O)Nc1cccc(Cl)c1C(=O)OC. The molecule has 0 aliphatic carbocycles. The summed E-state index contributed by atoms with van der Waals surface area (Å²) in [6.07, 6.45) is 0.327. The van der Waals surface area contributed by atoms with E-state index in [1.807, 2.05) is 0 Å². The van der Waals surface area contributed by atoms with Crippen molar-refractivity contribution < 1.29 is 14.3 Å². The van der Waals surface area contributed by atoms with E-state index in [1.54, 1.807) is 25.1 Å². The van der Waals surface area contributed by atoms with Crippen molar-refractivity contribution >= 4 is 29.2 Å². The fraction of sp³-hybridized carbons (Fsp3) is 0.273. The van der Waals surface area contributed by atoms with Crippen molar-refractivity contribution in [2.45, 2.75) is 13.3 Å². The summed E-state index contributed by atoms with van der Waals surface area (Å²) in [4.78, 5) is 22.7. The second-order valence-electron chi connectivity index (χ2n) is 3.06. The van der Waals surface area contributed by atoms with Crippen molar-refractivity contribution in [3.63, 3.8) is 0 Å². The number of hydrogen-bond donors (Lipinski definition) is 1. The average molecular weight is 242 g/mol. The minimum absolute atomic E-state index is 0.175. The second kappa shape index (κ2) is 5.51. The quantitative estimate of drug-likeness (QED) is 0.827. The first-order chi connectivity index (χ1) is 7.60. The Morgan fingerprint density at radius 2 is 2.12 bits per heavy atom. The van der Waals surface area contributed by atoms with Crippen molar-refractivity contribution in [3.8, 4) is 0 Å². The summed E-state index contributed by atoms with van der Waals surface area (Å²) in [5.41, 5.74) is 0.541. The van der Waals surface area contributed by atoms with E-state index in [-0.39, 0.29) is 16.5 Å². The molecule has 0 saturated carbocycles. The number of esters is 1. The van der Waals surface area contributed by atoms with Gasteiger partial charge in [-0.15, -0.1) is 0 Å². The standard InChI is InChI=1S/C11H12ClNO3/c1-3-9(14)13-8-6-4-5-7(12)10(8)11(15)16-2/h4-6H,3H2,1-2H3,(H,13,14). The molecule has 1 rings (SSSR count). The zero-order chi connectivity index (χ0) is 12.1. The minimum atomic E-state index is -0.572. The maximum atomic E-state index is 11.5. The van der Waals surface area contributed by atoms with Crippen LogP contribution in [-0.2, 0) is 9.53 Å². The van der Waals surface area contributed by atoms with Crippen LogP contribution in [0.3, 0.4) is 0 Å². The Kier molecular flexibility index (Phi) is 4.31. The van der Waals surface area contributed by atoms with Gasteiger partial charge in [0.15, 0.2) is 0 Å². The molecule has 86 valence electrons. The molecule has 16 heavy (non-hydrogen) atoms. The highest BCUT2D eigenvalue weighted by molar-refractivity contribution is 6.34. The van der Waals surface area contributed by atoms with E-state index in [4.69, 9.17) is 11.6 Å². The van der Waals surface area contributed by atoms with Gasteiger partial charge in [0, 0.05) is 6.42 Å². The van der Waals surface area contributed by atoms with Crippen LogP contribution in [0.1, 0.15) is 23.7 Å². The van der Waals surface area contributed by atoms with Crippen LogP contribution in [0.25, 0.3) is 0 Å². The number of nitrogens with one attached hydrogen (secondary N) is 1. The molecule has 0 saturated heterocycles. The normalized spacial score (nSPS) is 9.69. The number of halogens is 1. The minimum Gasteiger partial charge on any atom is -0.465 e. The summed E-state index contributed by atoms with van der Waals surface area (Å²) >= 11 is 5.88. The van der Waals surface area contributed by atoms with Crippen molar-refractivity contribution in [3.05, 3.63) is 28.8 Å². The molecule has 0 radical (unpaired) electrons.